The van der Waals surface area contributed by atoms with E-state index in [1.54, 1.807) is 0 Å². The number of benzene rings is 2. The number of piperazine rings is 1. The molecule has 0 unspecified atom stereocenters. The summed E-state index contributed by atoms with van der Waals surface area (Å²) in [4.78, 5) is 4.20. The quantitative estimate of drug-likeness (QED) is 0.638. The van der Waals surface area contributed by atoms with Gasteiger partial charge in [0.2, 0.25) is 0 Å². The lowest BCUT2D eigenvalue weighted by Crippen LogP contribution is -2.50. The highest BCUT2D eigenvalue weighted by atomic mass is 19.1. The molecule has 0 aromatic heterocycles. The summed E-state index contributed by atoms with van der Waals surface area (Å²) in [7, 11) is 0. The van der Waals surface area contributed by atoms with Gasteiger partial charge in [-0.05, 0) is 47.7 Å². The molecule has 4 nitrogen and oxygen atoms in total. The second kappa shape index (κ2) is 8.27. The minimum Gasteiger partial charge on any atom is -0.370 e. The predicted octanol–water partition coefficient (Wildman–Crippen LogP) is 2.76. The summed E-state index contributed by atoms with van der Waals surface area (Å²) in [5.41, 5.74) is 8.32. The Morgan fingerprint density at radius 2 is 1.58 bits per heavy atom. The van der Waals surface area contributed by atoms with Crippen LogP contribution >= 0.6 is 0 Å². The minimum atomic E-state index is -0.405. The second-order valence-corrected chi connectivity index (χ2v) is 6.65. The molecule has 0 aliphatic carbocycles. The molecule has 0 amide bonds. The normalized spacial score (nSPS) is 15.2. The van der Waals surface area contributed by atoms with Crippen LogP contribution in [0, 0.1) is 17.0 Å². The third-order valence-electron chi connectivity index (χ3n) is 4.90. The van der Waals surface area contributed by atoms with E-state index in [9.17, 15) is 8.78 Å². The van der Waals surface area contributed by atoms with Crippen molar-refractivity contribution in [3.8, 4) is 0 Å². The average molecular weight is 358 g/mol. The Kier molecular flexibility index (Phi) is 5.83. The van der Waals surface area contributed by atoms with Crippen LogP contribution in [0.25, 0.3) is 0 Å². The van der Waals surface area contributed by atoms with Gasteiger partial charge in [0.05, 0.1) is 0 Å². The molecular formula is C20H24F2N4. The van der Waals surface area contributed by atoms with Crippen LogP contribution in [0.1, 0.15) is 16.7 Å². The van der Waals surface area contributed by atoms with Crippen molar-refractivity contribution < 1.29 is 8.78 Å². The van der Waals surface area contributed by atoms with Crippen LogP contribution in [-0.4, -0.2) is 41.9 Å². The topological polar surface area (TPSA) is 56.4 Å². The van der Waals surface area contributed by atoms with Crippen molar-refractivity contribution in [3.05, 3.63) is 70.8 Å². The van der Waals surface area contributed by atoms with Gasteiger partial charge in [0.1, 0.15) is 11.6 Å². The number of nitrogens with zero attached hydrogens (tertiary/aromatic N) is 2. The molecule has 3 N–H and O–H groups in total. The molecule has 0 bridgehead atoms. The third-order valence-corrected chi connectivity index (χ3v) is 4.90. The average Bonchev–Trinajstić information content (AvgIpc) is 2.64. The number of halogens is 2. The molecule has 2 aromatic carbocycles. The summed E-state index contributed by atoms with van der Waals surface area (Å²) in [6.45, 7) is 4.03. The van der Waals surface area contributed by atoms with Crippen LogP contribution in [0.5, 0.6) is 0 Å². The monoisotopic (exact) mass is 358 g/mol. The van der Waals surface area contributed by atoms with Crippen molar-refractivity contribution in [2.45, 2.75) is 19.4 Å². The van der Waals surface area contributed by atoms with Crippen LogP contribution in [0.4, 0.5) is 8.78 Å². The first kappa shape index (κ1) is 18.3. The van der Waals surface area contributed by atoms with Gasteiger partial charge in [-0.25, -0.2) is 8.78 Å². The van der Waals surface area contributed by atoms with Crippen molar-refractivity contribution in [1.29, 1.82) is 5.41 Å². The molecule has 138 valence electrons. The maximum Gasteiger partial charge on any atom is 0.188 e. The molecular weight excluding hydrogens is 334 g/mol. The molecule has 0 atom stereocenters. The summed E-state index contributed by atoms with van der Waals surface area (Å²) in [6, 6.07) is 11.7. The van der Waals surface area contributed by atoms with E-state index in [1.807, 2.05) is 17.0 Å². The molecule has 1 aliphatic rings. The van der Waals surface area contributed by atoms with E-state index < -0.39 is 5.82 Å². The van der Waals surface area contributed by atoms with Crippen molar-refractivity contribution in [1.82, 2.24) is 9.80 Å². The maximum atomic E-state index is 13.8. The smallest absolute Gasteiger partial charge is 0.188 e. The Balaban J connectivity index is 1.63. The predicted molar refractivity (Wildman–Crippen MR) is 99.0 cm³/mol. The van der Waals surface area contributed by atoms with E-state index >= 15 is 0 Å². The van der Waals surface area contributed by atoms with Gasteiger partial charge in [0, 0.05) is 32.7 Å². The lowest BCUT2D eigenvalue weighted by atomic mass is 9.99. The van der Waals surface area contributed by atoms with Gasteiger partial charge in [-0.3, -0.25) is 10.3 Å². The molecule has 26 heavy (non-hydrogen) atoms. The molecule has 1 heterocycles. The molecule has 6 heteroatoms. The van der Waals surface area contributed by atoms with Crippen LogP contribution in [0.2, 0.25) is 0 Å². The molecule has 0 spiro atoms. The number of hydrogen-bond donors (Lipinski definition) is 2. The van der Waals surface area contributed by atoms with E-state index in [2.05, 4.69) is 17.0 Å². The first-order valence-electron chi connectivity index (χ1n) is 8.85. The summed E-state index contributed by atoms with van der Waals surface area (Å²) >= 11 is 0. The number of aryl methyl sites for hydroxylation is 2. The third kappa shape index (κ3) is 4.58. The number of nitrogens with two attached hydrogens (primary N) is 1. The van der Waals surface area contributed by atoms with E-state index in [4.69, 9.17) is 11.1 Å². The first-order chi connectivity index (χ1) is 12.5. The number of nitrogens with one attached hydrogen (secondary N) is 1. The number of hydrogen-bond acceptors (Lipinski definition) is 2. The molecule has 2 aromatic rings. The Hall–Kier alpha value is -2.47. The molecule has 3 rings (SSSR count). The van der Waals surface area contributed by atoms with Crippen molar-refractivity contribution in [2.24, 2.45) is 5.73 Å². The largest absolute Gasteiger partial charge is 0.370 e. The Morgan fingerprint density at radius 1 is 0.923 bits per heavy atom. The Bertz CT molecular complexity index is 770. The van der Waals surface area contributed by atoms with Gasteiger partial charge in [0.25, 0.3) is 0 Å². The molecule has 0 saturated carbocycles. The fourth-order valence-electron chi connectivity index (χ4n) is 3.35. The molecule has 1 fully saturated rings. The number of rotatable bonds is 5. The van der Waals surface area contributed by atoms with Gasteiger partial charge in [-0.15, -0.1) is 0 Å². The van der Waals surface area contributed by atoms with Gasteiger partial charge in [-0.1, -0.05) is 24.3 Å². The summed E-state index contributed by atoms with van der Waals surface area (Å²) in [5.74, 6) is -0.635. The van der Waals surface area contributed by atoms with E-state index in [0.29, 0.717) is 18.4 Å². The maximum absolute atomic E-state index is 13.8. The van der Waals surface area contributed by atoms with Gasteiger partial charge < -0.3 is 10.6 Å². The molecule has 0 radical (unpaired) electrons. The fraction of sp³-hybridized carbons (Fsp3) is 0.350. The fourth-order valence-corrected chi connectivity index (χ4v) is 3.35. The van der Waals surface area contributed by atoms with Crippen molar-refractivity contribution in [2.75, 3.05) is 26.2 Å². The van der Waals surface area contributed by atoms with E-state index in [-0.39, 0.29) is 11.8 Å². The zero-order valence-electron chi connectivity index (χ0n) is 14.7. The highest BCUT2D eigenvalue weighted by molar-refractivity contribution is 5.74. The van der Waals surface area contributed by atoms with Crippen LogP contribution in [0.15, 0.2) is 42.5 Å². The molecule has 1 saturated heterocycles. The van der Waals surface area contributed by atoms with Gasteiger partial charge in [-0.2, -0.15) is 0 Å². The van der Waals surface area contributed by atoms with Crippen LogP contribution in [0.3, 0.4) is 0 Å². The van der Waals surface area contributed by atoms with E-state index in [1.165, 1.54) is 17.7 Å². The minimum absolute atomic E-state index is 0.127. The number of guanidine groups is 1. The SMILES string of the molecule is N=C(N)N1CCN(Cc2ccccc2CCc2cc(F)ccc2F)CC1. The van der Waals surface area contributed by atoms with Crippen molar-refractivity contribution >= 4 is 5.96 Å². The standard InChI is InChI=1S/C20H24F2N4/c21-18-7-8-19(22)16(13-18)6-5-15-3-1-2-4-17(15)14-25-9-11-26(12-10-25)20(23)24/h1-4,7-8,13H,5-6,9-12,14H2,(H3,23,24). The molecule has 1 aliphatic heterocycles. The first-order valence-corrected chi connectivity index (χ1v) is 8.85. The lowest BCUT2D eigenvalue weighted by molar-refractivity contribution is 0.173. The van der Waals surface area contributed by atoms with E-state index in [0.717, 1.165) is 44.4 Å². The Morgan fingerprint density at radius 3 is 2.27 bits per heavy atom. The zero-order valence-corrected chi connectivity index (χ0v) is 14.7. The second-order valence-electron chi connectivity index (χ2n) is 6.65. The lowest BCUT2D eigenvalue weighted by Gasteiger charge is -2.35. The van der Waals surface area contributed by atoms with Gasteiger partial charge in [0.15, 0.2) is 5.96 Å². The zero-order chi connectivity index (χ0) is 18.5. The highest BCUT2D eigenvalue weighted by Gasteiger charge is 2.18. The summed E-state index contributed by atoms with van der Waals surface area (Å²) < 4.78 is 27.2. The van der Waals surface area contributed by atoms with Crippen molar-refractivity contribution in [3.63, 3.8) is 0 Å². The van der Waals surface area contributed by atoms with Crippen LogP contribution in [-0.2, 0) is 19.4 Å². The Labute approximate surface area is 152 Å². The van der Waals surface area contributed by atoms with Gasteiger partial charge >= 0.3 is 0 Å². The van der Waals surface area contributed by atoms with Crippen LogP contribution < -0.4 is 5.73 Å². The summed E-state index contributed by atoms with van der Waals surface area (Å²) in [6.07, 6.45) is 1.14. The summed E-state index contributed by atoms with van der Waals surface area (Å²) in [5, 5.41) is 7.51. The highest BCUT2D eigenvalue weighted by Crippen LogP contribution is 2.18.